The maximum absolute atomic E-state index is 10.6. The first-order valence-electron chi connectivity index (χ1n) is 10.8. The van der Waals surface area contributed by atoms with Crippen LogP contribution >= 0.6 is 12.6 Å². The predicted molar refractivity (Wildman–Crippen MR) is 124 cm³/mol. The summed E-state index contributed by atoms with van der Waals surface area (Å²) in [6, 6.07) is 20.7. The van der Waals surface area contributed by atoms with Crippen LogP contribution in [-0.2, 0) is 16.1 Å². The topological polar surface area (TPSA) is 64.3 Å². The fourth-order valence-corrected chi connectivity index (χ4v) is 4.82. The third-order valence-corrected chi connectivity index (χ3v) is 6.33. The van der Waals surface area contributed by atoms with Gasteiger partial charge in [-0.05, 0) is 43.1 Å². The monoisotopic (exact) mass is 436 g/mol. The van der Waals surface area contributed by atoms with Crippen molar-refractivity contribution in [1.29, 1.82) is 0 Å². The van der Waals surface area contributed by atoms with E-state index in [1.807, 2.05) is 24.3 Å². The molecule has 0 unspecified atom stereocenters. The molecular formula is C25H28N2O3S. The predicted octanol–water partition coefficient (Wildman–Crippen LogP) is 5.41. The molecule has 0 saturated heterocycles. The molecule has 3 aromatic rings. The molecule has 0 atom stereocenters. The van der Waals surface area contributed by atoms with Gasteiger partial charge in [0.05, 0.1) is 12.3 Å². The van der Waals surface area contributed by atoms with E-state index in [9.17, 15) is 4.79 Å². The highest BCUT2D eigenvalue weighted by Crippen LogP contribution is 2.38. The van der Waals surface area contributed by atoms with Gasteiger partial charge in [0, 0.05) is 17.7 Å². The summed E-state index contributed by atoms with van der Waals surface area (Å²) in [5, 5.41) is 14.3. The molecule has 1 aliphatic carbocycles. The molecule has 31 heavy (non-hydrogen) atoms. The third-order valence-electron chi connectivity index (χ3n) is 6.02. The Morgan fingerprint density at radius 2 is 1.55 bits per heavy atom. The van der Waals surface area contributed by atoms with Crippen molar-refractivity contribution >= 4 is 18.6 Å². The van der Waals surface area contributed by atoms with Gasteiger partial charge < -0.3 is 9.84 Å². The van der Waals surface area contributed by atoms with E-state index in [-0.39, 0.29) is 6.61 Å². The summed E-state index contributed by atoms with van der Waals surface area (Å²) in [7, 11) is 0. The molecule has 1 saturated carbocycles. The summed E-state index contributed by atoms with van der Waals surface area (Å²) < 4.78 is 7.44. The number of hydrogen-bond acceptors (Lipinski definition) is 4. The van der Waals surface area contributed by atoms with Crippen LogP contribution in [0, 0.1) is 11.8 Å². The van der Waals surface area contributed by atoms with Crippen LogP contribution in [0.2, 0.25) is 0 Å². The first kappa shape index (κ1) is 21.7. The summed E-state index contributed by atoms with van der Waals surface area (Å²) in [6.45, 7) is 1.18. The van der Waals surface area contributed by atoms with E-state index in [1.54, 1.807) is 0 Å². The number of rotatable bonds is 8. The second-order valence-electron chi connectivity index (χ2n) is 8.26. The van der Waals surface area contributed by atoms with Gasteiger partial charge in [0.2, 0.25) is 0 Å². The van der Waals surface area contributed by atoms with E-state index in [2.05, 4.69) is 41.1 Å². The van der Waals surface area contributed by atoms with Gasteiger partial charge in [-0.15, -0.1) is 12.6 Å². The van der Waals surface area contributed by atoms with Gasteiger partial charge in [-0.2, -0.15) is 5.10 Å². The van der Waals surface area contributed by atoms with E-state index in [0.717, 1.165) is 59.6 Å². The maximum atomic E-state index is 10.6. The van der Waals surface area contributed by atoms with E-state index in [4.69, 9.17) is 27.6 Å². The van der Waals surface area contributed by atoms with Crippen molar-refractivity contribution in [3.05, 3.63) is 60.7 Å². The first-order valence-corrected chi connectivity index (χ1v) is 11.3. The molecule has 5 nitrogen and oxygen atoms in total. The second-order valence-corrected chi connectivity index (χ2v) is 8.68. The molecular weight excluding hydrogens is 408 g/mol. The van der Waals surface area contributed by atoms with Crippen LogP contribution in [0.4, 0.5) is 0 Å². The number of carbonyl (C=O) groups is 1. The van der Waals surface area contributed by atoms with Crippen LogP contribution in [-0.4, -0.2) is 34.1 Å². The average Bonchev–Trinajstić information content (AvgIpc) is 3.11. The Bertz CT molecular complexity index is 996. The summed E-state index contributed by atoms with van der Waals surface area (Å²) in [5.74, 6) is 0.0779. The van der Waals surface area contributed by atoms with E-state index in [0.29, 0.717) is 18.4 Å². The van der Waals surface area contributed by atoms with Crippen molar-refractivity contribution in [3.63, 3.8) is 0 Å². The second kappa shape index (κ2) is 10.2. The standard InChI is InChI=1S/C25H28N2O3S/c28-22(29)17-30-16-19-13-11-18(12-14-19)15-27-24(21-9-5-2-6-10-21)23(25(31)26-27)20-7-3-1-4-8-20/h1-10,18-19H,11-17H2,(H,26,31)(H,28,29)/t18-,19+. The van der Waals surface area contributed by atoms with Gasteiger partial charge in [-0.1, -0.05) is 60.7 Å². The number of benzene rings is 2. The highest BCUT2D eigenvalue weighted by atomic mass is 32.1. The van der Waals surface area contributed by atoms with Crippen LogP contribution in [0.5, 0.6) is 0 Å². The minimum Gasteiger partial charge on any atom is -0.480 e. The molecule has 1 heterocycles. The molecule has 1 aromatic heterocycles. The zero-order chi connectivity index (χ0) is 21.6. The third kappa shape index (κ3) is 5.38. The average molecular weight is 437 g/mol. The normalized spacial score (nSPS) is 18.7. The number of aliphatic carboxylic acids is 1. The fourth-order valence-electron chi connectivity index (χ4n) is 4.48. The molecule has 2 aromatic carbocycles. The molecule has 1 aliphatic rings. The summed E-state index contributed by atoms with van der Waals surface area (Å²) >= 11 is 4.74. The Morgan fingerprint density at radius 3 is 2.16 bits per heavy atom. The highest BCUT2D eigenvalue weighted by Gasteiger charge is 2.25. The van der Waals surface area contributed by atoms with Crippen molar-refractivity contribution in [2.45, 2.75) is 37.3 Å². The lowest BCUT2D eigenvalue weighted by molar-refractivity contribution is -0.142. The molecule has 4 rings (SSSR count). The number of ether oxygens (including phenoxy) is 1. The number of thiol groups is 1. The van der Waals surface area contributed by atoms with E-state index in [1.165, 1.54) is 0 Å². The maximum Gasteiger partial charge on any atom is 0.329 e. The largest absolute Gasteiger partial charge is 0.480 e. The van der Waals surface area contributed by atoms with Gasteiger partial charge >= 0.3 is 5.97 Å². The Balaban J connectivity index is 1.52. The number of nitrogens with zero attached hydrogens (tertiary/aromatic N) is 2. The van der Waals surface area contributed by atoms with Gasteiger partial charge in [-0.3, -0.25) is 4.68 Å². The SMILES string of the molecule is O=C(O)COC[C@H]1CC[C@@H](Cn2nc(S)c(-c3ccccc3)c2-c2ccccc2)CC1. The number of hydrogen-bond donors (Lipinski definition) is 2. The van der Waals surface area contributed by atoms with Crippen molar-refractivity contribution in [2.75, 3.05) is 13.2 Å². The van der Waals surface area contributed by atoms with E-state index >= 15 is 0 Å². The minimum absolute atomic E-state index is 0.208. The molecule has 6 heteroatoms. The van der Waals surface area contributed by atoms with Gasteiger partial charge in [0.1, 0.15) is 11.6 Å². The molecule has 0 bridgehead atoms. The summed E-state index contributed by atoms with van der Waals surface area (Å²) in [5.41, 5.74) is 4.46. The van der Waals surface area contributed by atoms with Crippen molar-refractivity contribution < 1.29 is 14.6 Å². The Labute approximate surface area is 188 Å². The van der Waals surface area contributed by atoms with Crippen molar-refractivity contribution in [2.24, 2.45) is 11.8 Å². The molecule has 0 aliphatic heterocycles. The van der Waals surface area contributed by atoms with E-state index < -0.39 is 5.97 Å². The highest BCUT2D eigenvalue weighted by molar-refractivity contribution is 7.80. The number of aromatic nitrogens is 2. The lowest BCUT2D eigenvalue weighted by Gasteiger charge is -2.28. The first-order chi connectivity index (χ1) is 15.1. The van der Waals surface area contributed by atoms with Gasteiger partial charge in [-0.25, -0.2) is 4.79 Å². The number of carboxylic acids is 1. The van der Waals surface area contributed by atoms with Gasteiger partial charge in [0.25, 0.3) is 0 Å². The lowest BCUT2D eigenvalue weighted by atomic mass is 9.82. The smallest absolute Gasteiger partial charge is 0.329 e. The molecule has 1 fully saturated rings. The minimum atomic E-state index is -0.905. The van der Waals surface area contributed by atoms with Crippen LogP contribution in [0.3, 0.4) is 0 Å². The Hall–Kier alpha value is -2.57. The van der Waals surface area contributed by atoms with Crippen LogP contribution in [0.15, 0.2) is 65.7 Å². The summed E-state index contributed by atoms with van der Waals surface area (Å²) in [6.07, 6.45) is 4.31. The molecule has 162 valence electrons. The molecule has 1 N–H and O–H groups in total. The molecule has 0 spiro atoms. The fraction of sp³-hybridized carbons (Fsp3) is 0.360. The molecule has 0 amide bonds. The van der Waals surface area contributed by atoms with Crippen LogP contribution in [0.25, 0.3) is 22.4 Å². The zero-order valence-corrected chi connectivity index (χ0v) is 18.4. The zero-order valence-electron chi connectivity index (χ0n) is 17.5. The molecule has 0 radical (unpaired) electrons. The quantitative estimate of drug-likeness (QED) is 0.463. The summed E-state index contributed by atoms with van der Waals surface area (Å²) in [4.78, 5) is 10.6. The van der Waals surface area contributed by atoms with Crippen molar-refractivity contribution in [1.82, 2.24) is 9.78 Å². The van der Waals surface area contributed by atoms with Crippen LogP contribution in [0.1, 0.15) is 25.7 Å². The number of carboxylic acid groups (broad SMARTS) is 1. The Morgan fingerprint density at radius 1 is 0.968 bits per heavy atom. The van der Waals surface area contributed by atoms with Gasteiger partial charge in [0.15, 0.2) is 0 Å². The van der Waals surface area contributed by atoms with Crippen LogP contribution < -0.4 is 0 Å². The lowest BCUT2D eigenvalue weighted by Crippen LogP contribution is -2.23. The van der Waals surface area contributed by atoms with Crippen molar-refractivity contribution in [3.8, 4) is 22.4 Å². The Kier molecular flexibility index (Phi) is 7.10.